The number of carbonyl (C=O) groups excluding carboxylic acids is 1. The van der Waals surface area contributed by atoms with Crippen LogP contribution in [-0.2, 0) is 17.6 Å². The largest absolute Gasteiger partial charge is 0.321 e. The Bertz CT molecular complexity index is 887. The molecule has 1 aromatic heterocycles. The van der Waals surface area contributed by atoms with Crippen molar-refractivity contribution in [3.63, 3.8) is 0 Å². The number of nitrogens with zero attached hydrogens (tertiary/aromatic N) is 1. The van der Waals surface area contributed by atoms with E-state index in [1.54, 1.807) is 18.2 Å². The predicted molar refractivity (Wildman–Crippen MR) is 89.2 cm³/mol. The Balaban J connectivity index is 1.73. The van der Waals surface area contributed by atoms with E-state index in [0.29, 0.717) is 17.3 Å². The molecule has 0 aliphatic carbocycles. The Morgan fingerprint density at radius 1 is 1.13 bits per heavy atom. The standard InChI is InChI=1S/C18H17N3O2/c19-15(8-12-4-2-1-3-5-12)17(22)10-13-6-7-14-16(9-13)20-11-21-18(14)23/h1-7,9,11,15H,8,10,19H2,(H,20,21,23)/t15-/m0/s1. The van der Waals surface area contributed by atoms with Gasteiger partial charge < -0.3 is 10.7 Å². The summed E-state index contributed by atoms with van der Waals surface area (Å²) in [7, 11) is 0. The quantitative estimate of drug-likeness (QED) is 0.749. The van der Waals surface area contributed by atoms with Crippen LogP contribution in [0.4, 0.5) is 0 Å². The molecule has 3 N–H and O–H groups in total. The van der Waals surface area contributed by atoms with Crippen molar-refractivity contribution >= 4 is 16.7 Å². The molecule has 1 atom stereocenters. The van der Waals surface area contributed by atoms with Crippen LogP contribution in [0.2, 0.25) is 0 Å². The van der Waals surface area contributed by atoms with Crippen LogP contribution < -0.4 is 11.3 Å². The van der Waals surface area contributed by atoms with Gasteiger partial charge in [-0.15, -0.1) is 0 Å². The number of rotatable bonds is 5. The van der Waals surface area contributed by atoms with Crippen LogP contribution in [0.5, 0.6) is 0 Å². The zero-order valence-electron chi connectivity index (χ0n) is 12.5. The minimum absolute atomic E-state index is 0.0296. The zero-order chi connectivity index (χ0) is 16.2. The minimum Gasteiger partial charge on any atom is -0.321 e. The second kappa shape index (κ2) is 6.54. The number of Topliss-reactive ketones (excluding diaryl/α,β-unsaturated/α-hetero) is 1. The molecule has 116 valence electrons. The van der Waals surface area contributed by atoms with Crippen molar-refractivity contribution in [1.29, 1.82) is 0 Å². The average molecular weight is 307 g/mol. The number of hydrogen-bond donors (Lipinski definition) is 2. The van der Waals surface area contributed by atoms with Crippen LogP contribution in [0.15, 0.2) is 59.7 Å². The summed E-state index contributed by atoms with van der Waals surface area (Å²) in [5.41, 5.74) is 8.26. The highest BCUT2D eigenvalue weighted by atomic mass is 16.1. The van der Waals surface area contributed by atoms with Crippen molar-refractivity contribution in [2.45, 2.75) is 18.9 Å². The number of H-pyrrole nitrogens is 1. The summed E-state index contributed by atoms with van der Waals surface area (Å²) in [5, 5.41) is 0.511. The predicted octanol–water partition coefficient (Wildman–Crippen LogP) is 1.60. The first kappa shape index (κ1) is 15.1. The van der Waals surface area contributed by atoms with E-state index in [9.17, 15) is 9.59 Å². The fourth-order valence-corrected chi connectivity index (χ4v) is 2.54. The maximum atomic E-state index is 12.3. The zero-order valence-corrected chi connectivity index (χ0v) is 12.5. The lowest BCUT2D eigenvalue weighted by Gasteiger charge is -2.11. The van der Waals surface area contributed by atoms with E-state index in [1.807, 2.05) is 30.3 Å². The third-order valence-corrected chi connectivity index (χ3v) is 3.80. The van der Waals surface area contributed by atoms with Crippen LogP contribution in [0.25, 0.3) is 10.9 Å². The van der Waals surface area contributed by atoms with E-state index in [2.05, 4.69) is 9.97 Å². The Kier molecular flexibility index (Phi) is 4.30. The average Bonchev–Trinajstić information content (AvgIpc) is 2.56. The van der Waals surface area contributed by atoms with Crippen molar-refractivity contribution in [3.05, 3.63) is 76.3 Å². The van der Waals surface area contributed by atoms with E-state index >= 15 is 0 Å². The van der Waals surface area contributed by atoms with Gasteiger partial charge in [-0.3, -0.25) is 9.59 Å². The molecule has 0 fully saturated rings. The molecular weight excluding hydrogens is 290 g/mol. The normalized spacial score (nSPS) is 12.2. The molecule has 1 heterocycles. The number of nitrogens with one attached hydrogen (secondary N) is 1. The number of aromatic amines is 1. The van der Waals surface area contributed by atoms with Crippen LogP contribution in [0.1, 0.15) is 11.1 Å². The maximum Gasteiger partial charge on any atom is 0.258 e. The molecule has 0 saturated carbocycles. The van der Waals surface area contributed by atoms with Crippen molar-refractivity contribution < 1.29 is 4.79 Å². The van der Waals surface area contributed by atoms with Gasteiger partial charge >= 0.3 is 0 Å². The topological polar surface area (TPSA) is 88.8 Å². The Morgan fingerprint density at radius 3 is 2.70 bits per heavy atom. The van der Waals surface area contributed by atoms with E-state index < -0.39 is 6.04 Å². The van der Waals surface area contributed by atoms with Crippen molar-refractivity contribution in [2.24, 2.45) is 5.73 Å². The van der Waals surface area contributed by atoms with Gasteiger partial charge in [-0.1, -0.05) is 36.4 Å². The number of fused-ring (bicyclic) bond motifs is 1. The second-order valence-corrected chi connectivity index (χ2v) is 5.52. The summed E-state index contributed by atoms with van der Waals surface area (Å²) in [5.74, 6) is -0.0296. The number of benzene rings is 2. The molecular formula is C18H17N3O2. The van der Waals surface area contributed by atoms with Gasteiger partial charge in [-0.2, -0.15) is 0 Å². The molecule has 0 unspecified atom stereocenters. The minimum atomic E-state index is -0.541. The highest BCUT2D eigenvalue weighted by Gasteiger charge is 2.15. The lowest BCUT2D eigenvalue weighted by molar-refractivity contribution is -0.119. The van der Waals surface area contributed by atoms with E-state index in [4.69, 9.17) is 5.73 Å². The number of hydrogen-bond acceptors (Lipinski definition) is 4. The van der Waals surface area contributed by atoms with Gasteiger partial charge in [-0.05, 0) is 29.7 Å². The van der Waals surface area contributed by atoms with Crippen LogP contribution in [0, 0.1) is 0 Å². The van der Waals surface area contributed by atoms with Gasteiger partial charge in [-0.25, -0.2) is 4.98 Å². The molecule has 0 radical (unpaired) electrons. The lowest BCUT2D eigenvalue weighted by Crippen LogP contribution is -2.33. The molecule has 0 aliphatic heterocycles. The van der Waals surface area contributed by atoms with Crippen molar-refractivity contribution in [3.8, 4) is 0 Å². The molecule has 0 spiro atoms. The molecule has 3 aromatic rings. The number of ketones is 1. The van der Waals surface area contributed by atoms with Gasteiger partial charge in [0.25, 0.3) is 5.56 Å². The van der Waals surface area contributed by atoms with Crippen LogP contribution >= 0.6 is 0 Å². The molecule has 0 bridgehead atoms. The molecule has 0 saturated heterocycles. The SMILES string of the molecule is N[C@@H](Cc1ccccc1)C(=O)Cc1ccc2c(=O)[nH]cnc2c1. The first-order chi connectivity index (χ1) is 11.1. The smallest absolute Gasteiger partial charge is 0.258 e. The number of nitrogens with two attached hydrogens (primary N) is 1. The molecule has 0 amide bonds. The summed E-state index contributed by atoms with van der Waals surface area (Å²) < 4.78 is 0. The first-order valence-electron chi connectivity index (χ1n) is 7.42. The maximum absolute atomic E-state index is 12.3. The van der Waals surface area contributed by atoms with Crippen LogP contribution in [0.3, 0.4) is 0 Å². The summed E-state index contributed by atoms with van der Waals surface area (Å²) in [6.45, 7) is 0. The van der Waals surface area contributed by atoms with E-state index in [1.165, 1.54) is 6.33 Å². The molecule has 3 rings (SSSR count). The van der Waals surface area contributed by atoms with Crippen molar-refractivity contribution in [1.82, 2.24) is 9.97 Å². The molecule has 0 aliphatic rings. The number of aromatic nitrogens is 2. The lowest BCUT2D eigenvalue weighted by atomic mass is 9.98. The van der Waals surface area contributed by atoms with Gasteiger partial charge in [0.15, 0.2) is 5.78 Å². The van der Waals surface area contributed by atoms with E-state index in [0.717, 1.165) is 11.1 Å². The first-order valence-corrected chi connectivity index (χ1v) is 7.42. The summed E-state index contributed by atoms with van der Waals surface area (Å²) in [4.78, 5) is 30.6. The summed E-state index contributed by atoms with van der Waals surface area (Å²) >= 11 is 0. The fraction of sp³-hybridized carbons (Fsp3) is 0.167. The van der Waals surface area contributed by atoms with Crippen LogP contribution in [-0.4, -0.2) is 21.8 Å². The Labute approximate surface area is 133 Å². The molecule has 5 heteroatoms. The fourth-order valence-electron chi connectivity index (χ4n) is 2.54. The third-order valence-electron chi connectivity index (χ3n) is 3.80. The molecule has 5 nitrogen and oxygen atoms in total. The van der Waals surface area contributed by atoms with Gasteiger partial charge in [0.1, 0.15) is 0 Å². The highest BCUT2D eigenvalue weighted by Crippen LogP contribution is 2.12. The molecule has 23 heavy (non-hydrogen) atoms. The Morgan fingerprint density at radius 2 is 1.91 bits per heavy atom. The molecule has 2 aromatic carbocycles. The van der Waals surface area contributed by atoms with Gasteiger partial charge in [0, 0.05) is 6.42 Å². The summed E-state index contributed by atoms with van der Waals surface area (Å²) in [6.07, 6.45) is 2.11. The van der Waals surface area contributed by atoms with Crippen molar-refractivity contribution in [2.75, 3.05) is 0 Å². The third kappa shape index (κ3) is 3.52. The van der Waals surface area contributed by atoms with Gasteiger partial charge in [0.05, 0.1) is 23.3 Å². The number of carbonyl (C=O) groups is 1. The monoisotopic (exact) mass is 307 g/mol. The Hall–Kier alpha value is -2.79. The second-order valence-electron chi connectivity index (χ2n) is 5.52. The highest BCUT2D eigenvalue weighted by molar-refractivity contribution is 5.87. The van der Waals surface area contributed by atoms with E-state index in [-0.39, 0.29) is 17.8 Å². The summed E-state index contributed by atoms with van der Waals surface area (Å²) in [6, 6.07) is 14.4. The van der Waals surface area contributed by atoms with Gasteiger partial charge in [0.2, 0.25) is 0 Å².